The third-order valence-corrected chi connectivity index (χ3v) is 2.15. The first-order valence-electron chi connectivity index (χ1n) is 3.88. The lowest BCUT2D eigenvalue weighted by Gasteiger charge is -2.39. The van der Waals surface area contributed by atoms with Crippen molar-refractivity contribution in [1.82, 2.24) is 0 Å². The van der Waals surface area contributed by atoms with Crippen LogP contribution in [-0.4, -0.2) is 48.0 Å². The first kappa shape index (κ1) is 9.88. The number of rotatable bonds is 1. The summed E-state index contributed by atoms with van der Waals surface area (Å²) in [5.74, 6) is 0. The lowest BCUT2D eigenvalue weighted by molar-refractivity contribution is -0.260. The molecule has 0 unspecified atom stereocenters. The highest BCUT2D eigenvalue weighted by molar-refractivity contribution is 4.89. The summed E-state index contributed by atoms with van der Waals surface area (Å²) >= 11 is 0. The van der Waals surface area contributed by atoms with Crippen LogP contribution in [0.4, 0.5) is 0 Å². The molecule has 5 atom stereocenters. The Morgan fingerprint density at radius 1 is 1.33 bits per heavy atom. The number of ether oxygens (including phenoxy) is 2. The van der Waals surface area contributed by atoms with Crippen molar-refractivity contribution < 1.29 is 19.7 Å². The molecule has 1 fully saturated rings. The van der Waals surface area contributed by atoms with Crippen LogP contribution in [0, 0.1) is 0 Å². The summed E-state index contributed by atoms with van der Waals surface area (Å²) in [6.07, 6.45) is -3.15. The quantitative estimate of drug-likeness (QED) is 0.450. The fourth-order valence-electron chi connectivity index (χ4n) is 1.24. The van der Waals surface area contributed by atoms with Crippen LogP contribution in [0.3, 0.4) is 0 Å². The molecule has 1 rings (SSSR count). The molecule has 12 heavy (non-hydrogen) atoms. The summed E-state index contributed by atoms with van der Waals surface area (Å²) in [4.78, 5) is 0. The molecule has 1 saturated heterocycles. The molecule has 0 aliphatic carbocycles. The van der Waals surface area contributed by atoms with Gasteiger partial charge in [-0.2, -0.15) is 0 Å². The van der Waals surface area contributed by atoms with Crippen molar-refractivity contribution >= 4 is 0 Å². The largest absolute Gasteiger partial charge is 0.388 e. The Balaban J connectivity index is 2.63. The fourth-order valence-corrected chi connectivity index (χ4v) is 1.24. The van der Waals surface area contributed by atoms with Crippen LogP contribution in [0.25, 0.3) is 0 Å². The van der Waals surface area contributed by atoms with Crippen molar-refractivity contribution in [2.75, 3.05) is 7.11 Å². The second-order valence-electron chi connectivity index (χ2n) is 3.00. The summed E-state index contributed by atoms with van der Waals surface area (Å²) < 4.78 is 9.98. The van der Waals surface area contributed by atoms with Crippen molar-refractivity contribution in [2.24, 2.45) is 5.73 Å². The summed E-state index contributed by atoms with van der Waals surface area (Å²) in [6.45, 7) is 1.73. The Labute approximate surface area is 71.1 Å². The smallest absolute Gasteiger partial charge is 0.186 e. The van der Waals surface area contributed by atoms with Crippen LogP contribution in [0.15, 0.2) is 0 Å². The Morgan fingerprint density at radius 3 is 2.42 bits per heavy atom. The summed E-state index contributed by atoms with van der Waals surface area (Å²) in [5.41, 5.74) is 5.54. The minimum Gasteiger partial charge on any atom is -0.388 e. The van der Waals surface area contributed by atoms with E-state index in [0.29, 0.717) is 0 Å². The van der Waals surface area contributed by atoms with Crippen LogP contribution in [-0.2, 0) is 9.47 Å². The molecule has 0 spiro atoms. The summed E-state index contributed by atoms with van der Waals surface area (Å²) in [7, 11) is 1.41. The molecule has 0 saturated carbocycles. The normalized spacial score (nSPS) is 49.2. The molecular formula is C7H15NO4. The standard InChI is InChI=1S/C7H15NO4/c1-3-4(8)5(9)6(10)7(11-2)12-3/h3-7,9-10H,8H2,1-2H3/t3-,4+,5+,6+,7+/m1/s1. The lowest BCUT2D eigenvalue weighted by atomic mass is 9.98. The molecule has 0 aromatic heterocycles. The maximum atomic E-state index is 9.38. The maximum Gasteiger partial charge on any atom is 0.186 e. The van der Waals surface area contributed by atoms with E-state index in [9.17, 15) is 10.2 Å². The SMILES string of the molecule is CO[C@H]1O[C@H](C)[C@H](N)[C@H](O)[C@@H]1O. The highest BCUT2D eigenvalue weighted by Crippen LogP contribution is 2.19. The van der Waals surface area contributed by atoms with Crippen molar-refractivity contribution in [3.05, 3.63) is 0 Å². The van der Waals surface area contributed by atoms with Crippen molar-refractivity contribution in [3.8, 4) is 0 Å². The molecule has 5 nitrogen and oxygen atoms in total. The van der Waals surface area contributed by atoms with E-state index in [-0.39, 0.29) is 6.10 Å². The fraction of sp³-hybridized carbons (Fsp3) is 1.00. The third kappa shape index (κ3) is 1.60. The van der Waals surface area contributed by atoms with Gasteiger partial charge in [0.05, 0.1) is 12.1 Å². The van der Waals surface area contributed by atoms with E-state index in [2.05, 4.69) is 0 Å². The lowest BCUT2D eigenvalue weighted by Crippen LogP contribution is -2.60. The van der Waals surface area contributed by atoms with E-state index in [1.54, 1.807) is 6.92 Å². The van der Waals surface area contributed by atoms with Crippen LogP contribution in [0.1, 0.15) is 6.92 Å². The summed E-state index contributed by atoms with van der Waals surface area (Å²) in [5, 5.41) is 18.7. The van der Waals surface area contributed by atoms with Gasteiger partial charge in [-0.05, 0) is 6.92 Å². The zero-order valence-electron chi connectivity index (χ0n) is 7.18. The second-order valence-corrected chi connectivity index (χ2v) is 3.00. The van der Waals surface area contributed by atoms with Gasteiger partial charge in [-0.25, -0.2) is 0 Å². The number of aliphatic hydroxyl groups excluding tert-OH is 2. The van der Waals surface area contributed by atoms with Gasteiger partial charge in [-0.3, -0.25) is 0 Å². The van der Waals surface area contributed by atoms with Gasteiger partial charge in [0.15, 0.2) is 6.29 Å². The van der Waals surface area contributed by atoms with Gasteiger partial charge in [0.2, 0.25) is 0 Å². The molecule has 0 bridgehead atoms. The van der Waals surface area contributed by atoms with Gasteiger partial charge in [0.25, 0.3) is 0 Å². The Bertz CT molecular complexity index is 150. The number of hydrogen-bond donors (Lipinski definition) is 3. The van der Waals surface area contributed by atoms with Crippen LogP contribution < -0.4 is 5.73 Å². The van der Waals surface area contributed by atoms with Crippen molar-refractivity contribution in [1.29, 1.82) is 0 Å². The highest BCUT2D eigenvalue weighted by Gasteiger charge is 2.40. The topological polar surface area (TPSA) is 84.9 Å². The van der Waals surface area contributed by atoms with Crippen LogP contribution >= 0.6 is 0 Å². The van der Waals surface area contributed by atoms with Gasteiger partial charge < -0.3 is 25.4 Å². The Kier molecular flexibility index (Phi) is 3.03. The molecule has 0 aromatic rings. The van der Waals surface area contributed by atoms with Crippen molar-refractivity contribution in [3.63, 3.8) is 0 Å². The number of nitrogens with two attached hydrogens (primary N) is 1. The molecule has 0 amide bonds. The number of aliphatic hydroxyl groups is 2. The summed E-state index contributed by atoms with van der Waals surface area (Å²) in [6, 6.07) is -0.564. The number of hydrogen-bond acceptors (Lipinski definition) is 5. The van der Waals surface area contributed by atoms with Gasteiger partial charge in [-0.1, -0.05) is 0 Å². The van der Waals surface area contributed by atoms with E-state index in [1.807, 2.05) is 0 Å². The Hall–Kier alpha value is -0.200. The molecule has 0 aromatic carbocycles. The van der Waals surface area contributed by atoms with E-state index >= 15 is 0 Å². The minimum absolute atomic E-state index is 0.312. The van der Waals surface area contributed by atoms with Gasteiger partial charge in [-0.15, -0.1) is 0 Å². The first-order valence-corrected chi connectivity index (χ1v) is 3.88. The molecule has 4 N–H and O–H groups in total. The predicted octanol–water partition coefficient (Wildman–Crippen LogP) is -1.57. The third-order valence-electron chi connectivity index (χ3n) is 2.15. The number of methoxy groups -OCH3 is 1. The molecule has 5 heteroatoms. The molecule has 0 radical (unpaired) electrons. The van der Waals surface area contributed by atoms with E-state index < -0.39 is 24.5 Å². The molecule has 1 aliphatic rings. The Morgan fingerprint density at radius 2 is 1.92 bits per heavy atom. The first-order chi connectivity index (χ1) is 5.57. The monoisotopic (exact) mass is 177 g/mol. The molecule has 1 heterocycles. The van der Waals surface area contributed by atoms with Gasteiger partial charge in [0.1, 0.15) is 12.2 Å². The van der Waals surface area contributed by atoms with Gasteiger partial charge in [0, 0.05) is 7.11 Å². The second kappa shape index (κ2) is 3.68. The zero-order chi connectivity index (χ0) is 9.30. The zero-order valence-corrected chi connectivity index (χ0v) is 7.18. The van der Waals surface area contributed by atoms with Crippen LogP contribution in [0.5, 0.6) is 0 Å². The van der Waals surface area contributed by atoms with Gasteiger partial charge >= 0.3 is 0 Å². The minimum atomic E-state index is -1.07. The average molecular weight is 177 g/mol. The van der Waals surface area contributed by atoms with E-state index in [1.165, 1.54) is 7.11 Å². The van der Waals surface area contributed by atoms with E-state index in [4.69, 9.17) is 15.2 Å². The predicted molar refractivity (Wildman–Crippen MR) is 41.3 cm³/mol. The maximum absolute atomic E-state index is 9.38. The van der Waals surface area contributed by atoms with Crippen molar-refractivity contribution in [2.45, 2.75) is 37.6 Å². The highest BCUT2D eigenvalue weighted by atomic mass is 16.7. The van der Waals surface area contributed by atoms with Crippen LogP contribution in [0.2, 0.25) is 0 Å². The molecule has 1 aliphatic heterocycles. The average Bonchev–Trinajstić information content (AvgIpc) is 2.08. The molecule has 72 valence electrons. The molecular weight excluding hydrogens is 162 g/mol. The van der Waals surface area contributed by atoms with E-state index in [0.717, 1.165) is 0 Å².